The van der Waals surface area contributed by atoms with Gasteiger partial charge in [0.05, 0.1) is 34.1 Å². The number of hydrogen-bond acceptors (Lipinski definition) is 6. The molecule has 98 heavy (non-hydrogen) atoms. The SMILES string of the molecule is c1ccc(-c2ccc(N(c3ccc(-c4ccccc4)cc3)c3cc4c5c(c3)N(c3c(-c6ccccc6)cccc3-c3ccccc3)c3cc6c(cc3C5c3ccccc3O4)C3c4ccccc4N(c4ccccc4)c4cc(N(c5ccccc5)c5ccccc5)cc(c43)S6)cc2)cc1. The first-order valence-corrected chi connectivity index (χ1v) is 34.4. The van der Waals surface area contributed by atoms with Crippen LogP contribution in [0.2, 0.25) is 0 Å². The van der Waals surface area contributed by atoms with Gasteiger partial charge in [0.1, 0.15) is 11.5 Å². The quantitative estimate of drug-likeness (QED) is 0.121. The molecular formula is C92H62N4OS. The molecule has 0 saturated heterocycles. The molecule has 0 aromatic heterocycles. The van der Waals surface area contributed by atoms with Crippen LogP contribution in [0.25, 0.3) is 44.5 Å². The Labute approximate surface area is 575 Å². The summed E-state index contributed by atoms with van der Waals surface area (Å²) in [4.78, 5) is 12.4. The molecule has 0 aliphatic carbocycles. The fourth-order valence-electron chi connectivity index (χ4n) is 15.6. The number of rotatable bonds is 12. The largest absolute Gasteiger partial charge is 0.457 e. The lowest BCUT2D eigenvalue weighted by atomic mass is 9.74. The Balaban J connectivity index is 0.894. The zero-order valence-electron chi connectivity index (χ0n) is 53.4. The number of nitrogens with zero attached hydrogens (tertiary/aromatic N) is 4. The molecule has 15 aromatic rings. The summed E-state index contributed by atoms with van der Waals surface area (Å²) < 4.78 is 7.52. The lowest BCUT2D eigenvalue weighted by Gasteiger charge is -2.45. The zero-order valence-corrected chi connectivity index (χ0v) is 54.2. The molecule has 0 spiro atoms. The minimum Gasteiger partial charge on any atom is -0.457 e. The number of benzene rings is 15. The van der Waals surface area contributed by atoms with Crippen molar-refractivity contribution in [3.05, 3.63) is 397 Å². The van der Waals surface area contributed by atoms with E-state index in [1.807, 2.05) is 11.8 Å². The number of hydrogen-bond donors (Lipinski definition) is 0. The molecule has 4 heterocycles. The number of fused-ring (bicyclic) bond motifs is 8. The Bertz CT molecular complexity index is 5330. The Hall–Kier alpha value is -12.4. The maximum absolute atomic E-state index is 7.52. The molecular weight excluding hydrogens is 1210 g/mol. The average molecular weight is 1270 g/mol. The van der Waals surface area contributed by atoms with Gasteiger partial charge in [0, 0.05) is 89.6 Å². The van der Waals surface area contributed by atoms with Crippen molar-refractivity contribution in [2.24, 2.45) is 0 Å². The summed E-state index contributed by atoms with van der Waals surface area (Å²) in [6.07, 6.45) is 0. The van der Waals surface area contributed by atoms with Crippen molar-refractivity contribution in [2.45, 2.75) is 21.6 Å². The van der Waals surface area contributed by atoms with Gasteiger partial charge in [0.15, 0.2) is 0 Å². The van der Waals surface area contributed by atoms with Crippen LogP contribution in [0.5, 0.6) is 11.5 Å². The van der Waals surface area contributed by atoms with E-state index >= 15 is 0 Å². The Morgan fingerprint density at radius 1 is 0.255 bits per heavy atom. The second-order valence-corrected chi connectivity index (χ2v) is 26.6. The molecule has 0 bridgehead atoms. The third-order valence-corrected chi connectivity index (χ3v) is 21.0. The first-order chi connectivity index (χ1) is 48.6. The molecule has 462 valence electrons. The van der Waals surface area contributed by atoms with Gasteiger partial charge in [-0.25, -0.2) is 0 Å². The molecule has 0 saturated carbocycles. The second kappa shape index (κ2) is 23.8. The van der Waals surface area contributed by atoms with Crippen LogP contribution in [0.3, 0.4) is 0 Å². The highest BCUT2D eigenvalue weighted by Gasteiger charge is 2.45. The van der Waals surface area contributed by atoms with Crippen molar-refractivity contribution < 1.29 is 4.74 Å². The summed E-state index contributed by atoms with van der Waals surface area (Å²) >= 11 is 1.90. The standard InChI is InChI=1S/C92H62N4OS/c1-8-27-61(28-9-1)63-47-51-70(52-48-63)94(71-53-49-64(50-54-71)62-29-10-2-11-30-62)72-55-82-90-85(57-72)97-84-46-25-23-42-77(84)89(90)78-59-79-86(60-81(78)96(82)92-74(65-31-12-3-13-32-65)43-26-44-75(92)66-33-14-4-15-34-66)98-87-58-73(93(67-35-16-5-17-36-67)68-37-18-6-19-38-68)56-83-91(87)88(79)76-41-22-24-45-80(76)95(83)69-39-20-7-21-40-69/h1-60,88-89H. The van der Waals surface area contributed by atoms with Crippen molar-refractivity contribution in [1.29, 1.82) is 0 Å². The number of ether oxygens (including phenoxy) is 1. The summed E-state index contributed by atoms with van der Waals surface area (Å²) in [7, 11) is 0. The van der Waals surface area contributed by atoms with Gasteiger partial charge < -0.3 is 24.3 Å². The Morgan fingerprint density at radius 2 is 0.694 bits per heavy atom. The van der Waals surface area contributed by atoms with Crippen LogP contribution >= 0.6 is 11.8 Å². The fraction of sp³-hybridized carbons (Fsp3) is 0.0217. The van der Waals surface area contributed by atoms with Crippen molar-refractivity contribution in [3.63, 3.8) is 0 Å². The van der Waals surface area contributed by atoms with Gasteiger partial charge in [-0.05, 0) is 147 Å². The van der Waals surface area contributed by atoms with Crippen LogP contribution in [0, 0.1) is 0 Å². The highest BCUT2D eigenvalue weighted by Crippen LogP contribution is 2.66. The molecule has 5 nitrogen and oxygen atoms in total. The second-order valence-electron chi connectivity index (χ2n) is 25.5. The normalized spacial score (nSPS) is 14.1. The summed E-state index contributed by atoms with van der Waals surface area (Å²) in [5.41, 5.74) is 29.4. The first-order valence-electron chi connectivity index (χ1n) is 33.6. The molecule has 4 aliphatic heterocycles. The molecule has 0 fully saturated rings. The van der Waals surface area contributed by atoms with E-state index in [4.69, 9.17) is 4.74 Å². The van der Waals surface area contributed by atoms with E-state index in [1.54, 1.807) is 0 Å². The Kier molecular flexibility index (Phi) is 13.9. The van der Waals surface area contributed by atoms with Gasteiger partial charge in [0.2, 0.25) is 0 Å². The zero-order chi connectivity index (χ0) is 64.6. The summed E-state index contributed by atoms with van der Waals surface area (Å²) in [5.74, 6) is 1.33. The predicted molar refractivity (Wildman–Crippen MR) is 406 cm³/mol. The molecule has 15 aromatic carbocycles. The Morgan fingerprint density at radius 3 is 1.26 bits per heavy atom. The third-order valence-electron chi connectivity index (χ3n) is 19.9. The molecule has 6 heteroatoms. The topological polar surface area (TPSA) is 22.2 Å². The molecule has 0 amide bonds. The van der Waals surface area contributed by atoms with Crippen molar-refractivity contribution in [3.8, 4) is 56.0 Å². The van der Waals surface area contributed by atoms with Gasteiger partial charge in [0.25, 0.3) is 0 Å². The van der Waals surface area contributed by atoms with E-state index in [-0.39, 0.29) is 11.8 Å². The molecule has 2 atom stereocenters. The highest BCUT2D eigenvalue weighted by atomic mass is 32.2. The van der Waals surface area contributed by atoms with Crippen molar-refractivity contribution >= 4 is 80.0 Å². The minimum atomic E-state index is -0.221. The highest BCUT2D eigenvalue weighted by molar-refractivity contribution is 7.99. The van der Waals surface area contributed by atoms with Crippen LogP contribution in [0.4, 0.5) is 68.2 Å². The van der Waals surface area contributed by atoms with E-state index in [0.29, 0.717) is 0 Å². The van der Waals surface area contributed by atoms with Crippen molar-refractivity contribution in [1.82, 2.24) is 0 Å². The summed E-state index contributed by atoms with van der Waals surface area (Å²) in [5, 5.41) is 0. The van der Waals surface area contributed by atoms with Crippen LogP contribution in [-0.2, 0) is 0 Å². The molecule has 19 rings (SSSR count). The van der Waals surface area contributed by atoms with Gasteiger partial charge >= 0.3 is 0 Å². The van der Waals surface area contributed by atoms with E-state index in [1.165, 1.54) is 43.2 Å². The molecule has 0 radical (unpaired) electrons. The van der Waals surface area contributed by atoms with Crippen LogP contribution in [-0.4, -0.2) is 0 Å². The van der Waals surface area contributed by atoms with E-state index in [2.05, 4.69) is 384 Å². The molecule has 4 aliphatic rings. The van der Waals surface area contributed by atoms with Crippen molar-refractivity contribution in [2.75, 3.05) is 19.6 Å². The number of anilines is 12. The van der Waals surface area contributed by atoms with E-state index in [9.17, 15) is 0 Å². The van der Waals surface area contributed by atoms with Crippen LogP contribution < -0.4 is 24.3 Å². The first kappa shape index (κ1) is 57.1. The van der Waals surface area contributed by atoms with Crippen LogP contribution in [0.1, 0.15) is 45.2 Å². The van der Waals surface area contributed by atoms with Gasteiger partial charge in [-0.1, -0.05) is 273 Å². The van der Waals surface area contributed by atoms with Gasteiger partial charge in [-0.3, -0.25) is 0 Å². The van der Waals surface area contributed by atoms with Crippen LogP contribution in [0.15, 0.2) is 374 Å². The molecule has 2 unspecified atom stereocenters. The predicted octanol–water partition coefficient (Wildman–Crippen LogP) is 25.8. The van der Waals surface area contributed by atoms with Gasteiger partial charge in [-0.15, -0.1) is 0 Å². The summed E-state index contributed by atoms with van der Waals surface area (Å²) in [6.45, 7) is 0. The maximum Gasteiger partial charge on any atom is 0.135 e. The van der Waals surface area contributed by atoms with Gasteiger partial charge in [-0.2, -0.15) is 0 Å². The monoisotopic (exact) mass is 1270 g/mol. The number of para-hydroxylation sites is 6. The minimum absolute atomic E-state index is 0.118. The summed E-state index contributed by atoms with van der Waals surface area (Å²) in [6, 6.07) is 133. The lowest BCUT2D eigenvalue weighted by molar-refractivity contribution is 0.452. The molecule has 0 N–H and O–H groups in total. The smallest absolute Gasteiger partial charge is 0.135 e. The van der Waals surface area contributed by atoms with E-state index < -0.39 is 0 Å². The fourth-order valence-corrected chi connectivity index (χ4v) is 16.8. The van der Waals surface area contributed by atoms with E-state index in [0.717, 1.165) is 124 Å². The average Bonchev–Trinajstić information content (AvgIpc) is 0.692. The third kappa shape index (κ3) is 9.63. The lowest BCUT2D eigenvalue weighted by Crippen LogP contribution is -2.28. The maximum atomic E-state index is 7.52.